The van der Waals surface area contributed by atoms with Crippen molar-refractivity contribution in [3.05, 3.63) is 34.9 Å². The highest BCUT2D eigenvalue weighted by Crippen LogP contribution is 2.27. The second kappa shape index (κ2) is 4.36. The van der Waals surface area contributed by atoms with E-state index in [-0.39, 0.29) is 0 Å². The van der Waals surface area contributed by atoms with Crippen LogP contribution >= 0.6 is 0 Å². The smallest absolute Gasteiger partial charge is 0.0322 e. The number of aryl methyl sites for hydroxylation is 2. The summed E-state index contributed by atoms with van der Waals surface area (Å²) in [6.07, 6.45) is 2.60. The van der Waals surface area contributed by atoms with Crippen LogP contribution in [0.3, 0.4) is 0 Å². The molecule has 2 atom stereocenters. The molecule has 0 aromatic heterocycles. The fraction of sp³-hybridized carbons (Fsp3) is 0.571. The molecule has 2 unspecified atom stereocenters. The number of hydrogen-bond acceptors (Lipinski definition) is 1. The van der Waals surface area contributed by atoms with Gasteiger partial charge in [-0.3, -0.25) is 0 Å². The molecule has 0 aliphatic carbocycles. The molecule has 1 nitrogen and oxygen atoms in total. The standard InChI is InChI=1S/C14H21N/c1-10-6-7-15-14(8-10)13-5-4-11(2)12(3)9-13/h4-5,9-10,14-15H,6-8H2,1-3H3. The highest BCUT2D eigenvalue weighted by molar-refractivity contribution is 5.31. The van der Waals surface area contributed by atoms with E-state index in [1.165, 1.54) is 36.1 Å². The first-order valence-corrected chi connectivity index (χ1v) is 5.97. The third kappa shape index (κ3) is 2.40. The summed E-state index contributed by atoms with van der Waals surface area (Å²) in [7, 11) is 0. The Hall–Kier alpha value is -0.820. The van der Waals surface area contributed by atoms with E-state index >= 15 is 0 Å². The summed E-state index contributed by atoms with van der Waals surface area (Å²) in [6.45, 7) is 7.90. The van der Waals surface area contributed by atoms with E-state index in [0.717, 1.165) is 5.92 Å². The Kier molecular flexibility index (Phi) is 3.11. The van der Waals surface area contributed by atoms with Gasteiger partial charge in [-0.25, -0.2) is 0 Å². The first kappa shape index (κ1) is 10.7. The lowest BCUT2D eigenvalue weighted by molar-refractivity contribution is 0.325. The van der Waals surface area contributed by atoms with E-state index in [4.69, 9.17) is 0 Å². The van der Waals surface area contributed by atoms with Gasteiger partial charge in [0.2, 0.25) is 0 Å². The van der Waals surface area contributed by atoms with Crippen molar-refractivity contribution in [2.24, 2.45) is 5.92 Å². The summed E-state index contributed by atoms with van der Waals surface area (Å²) < 4.78 is 0. The van der Waals surface area contributed by atoms with Crippen LogP contribution in [0.5, 0.6) is 0 Å². The van der Waals surface area contributed by atoms with Crippen LogP contribution in [-0.2, 0) is 0 Å². The van der Waals surface area contributed by atoms with E-state index < -0.39 is 0 Å². The molecule has 1 aromatic carbocycles. The predicted octanol–water partition coefficient (Wildman–Crippen LogP) is 3.36. The van der Waals surface area contributed by atoms with E-state index in [0.29, 0.717) is 6.04 Å². The molecular weight excluding hydrogens is 182 g/mol. The quantitative estimate of drug-likeness (QED) is 0.738. The molecule has 0 spiro atoms. The zero-order valence-corrected chi connectivity index (χ0v) is 10.0. The minimum atomic E-state index is 0.577. The Balaban J connectivity index is 2.18. The largest absolute Gasteiger partial charge is 0.310 e. The van der Waals surface area contributed by atoms with Crippen molar-refractivity contribution < 1.29 is 0 Å². The number of piperidine rings is 1. The van der Waals surface area contributed by atoms with Crippen molar-refractivity contribution in [1.29, 1.82) is 0 Å². The topological polar surface area (TPSA) is 12.0 Å². The highest BCUT2D eigenvalue weighted by Gasteiger charge is 2.19. The number of nitrogens with one attached hydrogen (secondary N) is 1. The average molecular weight is 203 g/mol. The lowest BCUT2D eigenvalue weighted by Crippen LogP contribution is -2.30. The first-order chi connectivity index (χ1) is 7.16. The molecule has 1 aliphatic heterocycles. The lowest BCUT2D eigenvalue weighted by Gasteiger charge is -2.28. The third-order valence-corrected chi connectivity index (χ3v) is 3.60. The molecule has 1 saturated heterocycles. The van der Waals surface area contributed by atoms with Crippen LogP contribution in [0.2, 0.25) is 0 Å². The summed E-state index contributed by atoms with van der Waals surface area (Å²) in [6, 6.07) is 7.43. The molecule has 1 aliphatic rings. The molecule has 1 N–H and O–H groups in total. The first-order valence-electron chi connectivity index (χ1n) is 5.97. The molecule has 0 amide bonds. The molecule has 0 bridgehead atoms. The summed E-state index contributed by atoms with van der Waals surface area (Å²) in [4.78, 5) is 0. The van der Waals surface area contributed by atoms with Crippen LogP contribution in [0.4, 0.5) is 0 Å². The summed E-state index contributed by atoms with van der Waals surface area (Å²) >= 11 is 0. The summed E-state index contributed by atoms with van der Waals surface area (Å²) in [5.74, 6) is 0.859. The molecule has 1 fully saturated rings. The lowest BCUT2D eigenvalue weighted by atomic mass is 9.89. The fourth-order valence-electron chi connectivity index (χ4n) is 2.34. The van der Waals surface area contributed by atoms with E-state index in [9.17, 15) is 0 Å². The number of rotatable bonds is 1. The van der Waals surface area contributed by atoms with Crippen LogP contribution in [0.15, 0.2) is 18.2 Å². The van der Waals surface area contributed by atoms with E-state index in [1.54, 1.807) is 0 Å². The van der Waals surface area contributed by atoms with E-state index in [2.05, 4.69) is 44.3 Å². The molecule has 0 radical (unpaired) electrons. The Morgan fingerprint density at radius 2 is 2.00 bits per heavy atom. The van der Waals surface area contributed by atoms with Crippen molar-refractivity contribution in [2.75, 3.05) is 6.54 Å². The average Bonchev–Trinajstić information content (AvgIpc) is 2.22. The van der Waals surface area contributed by atoms with Gasteiger partial charge < -0.3 is 5.32 Å². The van der Waals surface area contributed by atoms with Gasteiger partial charge in [0.05, 0.1) is 0 Å². The van der Waals surface area contributed by atoms with Crippen LogP contribution in [0.25, 0.3) is 0 Å². The maximum Gasteiger partial charge on any atom is 0.0322 e. The van der Waals surface area contributed by atoms with Gasteiger partial charge in [-0.2, -0.15) is 0 Å². The number of hydrogen-bond donors (Lipinski definition) is 1. The van der Waals surface area contributed by atoms with Crippen LogP contribution in [0, 0.1) is 19.8 Å². The van der Waals surface area contributed by atoms with Gasteiger partial charge in [0.25, 0.3) is 0 Å². The molecular formula is C14H21N. The monoisotopic (exact) mass is 203 g/mol. The SMILES string of the molecule is Cc1ccc(C2CC(C)CCN2)cc1C. The minimum absolute atomic E-state index is 0.577. The summed E-state index contributed by atoms with van der Waals surface area (Å²) in [5.41, 5.74) is 4.26. The highest BCUT2D eigenvalue weighted by atomic mass is 14.9. The zero-order chi connectivity index (χ0) is 10.8. The van der Waals surface area contributed by atoms with Gasteiger partial charge in [-0.05, 0) is 55.8 Å². The molecule has 2 rings (SSSR count). The molecule has 15 heavy (non-hydrogen) atoms. The Bertz CT molecular complexity index is 343. The predicted molar refractivity (Wildman–Crippen MR) is 65.1 cm³/mol. The van der Waals surface area contributed by atoms with Crippen LogP contribution in [-0.4, -0.2) is 6.54 Å². The van der Waals surface area contributed by atoms with Crippen molar-refractivity contribution in [2.45, 2.75) is 39.7 Å². The number of benzene rings is 1. The van der Waals surface area contributed by atoms with Gasteiger partial charge in [-0.15, -0.1) is 0 Å². The van der Waals surface area contributed by atoms with Gasteiger partial charge in [0, 0.05) is 6.04 Å². The minimum Gasteiger partial charge on any atom is -0.310 e. The fourth-order valence-corrected chi connectivity index (χ4v) is 2.34. The van der Waals surface area contributed by atoms with Crippen molar-refractivity contribution in [3.63, 3.8) is 0 Å². The molecule has 82 valence electrons. The maximum absolute atomic E-state index is 3.61. The molecule has 1 aromatic rings. The van der Waals surface area contributed by atoms with Crippen LogP contribution in [0.1, 0.15) is 42.5 Å². The normalized spacial score (nSPS) is 26.6. The van der Waals surface area contributed by atoms with Gasteiger partial charge in [0.1, 0.15) is 0 Å². The molecule has 1 heterocycles. The zero-order valence-electron chi connectivity index (χ0n) is 10.0. The Morgan fingerprint density at radius 1 is 1.20 bits per heavy atom. The molecule has 0 saturated carbocycles. The van der Waals surface area contributed by atoms with Crippen molar-refractivity contribution in [1.82, 2.24) is 5.32 Å². The third-order valence-electron chi connectivity index (χ3n) is 3.60. The van der Waals surface area contributed by atoms with Crippen molar-refractivity contribution in [3.8, 4) is 0 Å². The second-order valence-electron chi connectivity index (χ2n) is 4.98. The van der Waals surface area contributed by atoms with Crippen molar-refractivity contribution >= 4 is 0 Å². The van der Waals surface area contributed by atoms with Crippen LogP contribution < -0.4 is 5.32 Å². The van der Waals surface area contributed by atoms with Gasteiger partial charge >= 0.3 is 0 Å². The van der Waals surface area contributed by atoms with Gasteiger partial charge in [0.15, 0.2) is 0 Å². The second-order valence-corrected chi connectivity index (χ2v) is 4.98. The summed E-state index contributed by atoms with van der Waals surface area (Å²) in [5, 5.41) is 3.61. The Labute approximate surface area is 92.9 Å². The maximum atomic E-state index is 3.61. The van der Waals surface area contributed by atoms with Gasteiger partial charge in [-0.1, -0.05) is 25.1 Å². The van der Waals surface area contributed by atoms with E-state index in [1.807, 2.05) is 0 Å². The molecule has 1 heteroatoms. The Morgan fingerprint density at radius 3 is 2.67 bits per heavy atom.